The molecule has 0 saturated carbocycles. The summed E-state index contributed by atoms with van der Waals surface area (Å²) in [5.41, 5.74) is 6.89. The van der Waals surface area contributed by atoms with Crippen molar-refractivity contribution in [3.63, 3.8) is 0 Å². The maximum absolute atomic E-state index is 12.7. The zero-order valence-corrected chi connectivity index (χ0v) is 9.76. The van der Waals surface area contributed by atoms with Crippen molar-refractivity contribution in [2.75, 3.05) is 0 Å². The predicted molar refractivity (Wildman–Crippen MR) is 63.2 cm³/mol. The fraction of sp³-hybridized carbons (Fsp3) is 0.167. The van der Waals surface area contributed by atoms with Crippen LogP contribution in [0.2, 0.25) is 0 Å². The number of aryl methyl sites for hydroxylation is 1. The first-order valence-corrected chi connectivity index (χ1v) is 5.29. The standard InChI is InChI=1S/C12H12FN3O2/c1-8-6-11(15-18-8)7-17-16-12(14)9-2-4-10(13)5-3-9/h2-6H,7H2,1H3,(H2,14,16). The Balaban J connectivity index is 1.94. The van der Waals surface area contributed by atoms with Crippen molar-refractivity contribution in [3.8, 4) is 0 Å². The summed E-state index contributed by atoms with van der Waals surface area (Å²) in [6.45, 7) is 1.95. The monoisotopic (exact) mass is 249 g/mol. The average Bonchev–Trinajstić information content (AvgIpc) is 2.76. The molecule has 18 heavy (non-hydrogen) atoms. The highest BCUT2D eigenvalue weighted by atomic mass is 19.1. The van der Waals surface area contributed by atoms with Crippen LogP contribution in [0.3, 0.4) is 0 Å². The number of rotatable bonds is 4. The van der Waals surface area contributed by atoms with Gasteiger partial charge in [-0.05, 0) is 31.2 Å². The zero-order chi connectivity index (χ0) is 13.0. The van der Waals surface area contributed by atoms with Crippen molar-refractivity contribution in [2.24, 2.45) is 10.9 Å². The highest BCUT2D eigenvalue weighted by Gasteiger charge is 2.02. The molecule has 0 unspecified atom stereocenters. The van der Waals surface area contributed by atoms with Crippen LogP contribution in [0.25, 0.3) is 0 Å². The van der Waals surface area contributed by atoms with E-state index in [1.165, 1.54) is 24.3 Å². The van der Waals surface area contributed by atoms with E-state index in [1.54, 1.807) is 13.0 Å². The third kappa shape index (κ3) is 3.07. The second-order valence-electron chi connectivity index (χ2n) is 3.69. The summed E-state index contributed by atoms with van der Waals surface area (Å²) in [6.07, 6.45) is 0. The number of halogens is 1. The molecule has 0 radical (unpaired) electrons. The number of amidine groups is 1. The van der Waals surface area contributed by atoms with Crippen molar-refractivity contribution in [1.82, 2.24) is 5.16 Å². The molecule has 2 N–H and O–H groups in total. The topological polar surface area (TPSA) is 73.6 Å². The van der Waals surface area contributed by atoms with Crippen LogP contribution in [-0.2, 0) is 11.4 Å². The number of benzene rings is 1. The average molecular weight is 249 g/mol. The van der Waals surface area contributed by atoms with Crippen molar-refractivity contribution >= 4 is 5.84 Å². The first-order valence-electron chi connectivity index (χ1n) is 5.29. The number of nitrogens with two attached hydrogens (primary N) is 1. The van der Waals surface area contributed by atoms with Gasteiger partial charge in [0.2, 0.25) is 0 Å². The van der Waals surface area contributed by atoms with Gasteiger partial charge in [-0.2, -0.15) is 0 Å². The summed E-state index contributed by atoms with van der Waals surface area (Å²) in [5, 5.41) is 7.46. The van der Waals surface area contributed by atoms with Gasteiger partial charge in [0, 0.05) is 11.6 Å². The maximum Gasteiger partial charge on any atom is 0.170 e. The first kappa shape index (κ1) is 12.1. The van der Waals surface area contributed by atoms with E-state index < -0.39 is 0 Å². The molecule has 0 aliphatic carbocycles. The minimum atomic E-state index is -0.328. The molecule has 94 valence electrons. The summed E-state index contributed by atoms with van der Waals surface area (Å²) in [7, 11) is 0. The van der Waals surface area contributed by atoms with E-state index in [0.717, 1.165) is 0 Å². The number of hydrogen-bond donors (Lipinski definition) is 1. The predicted octanol–water partition coefficient (Wildman–Crippen LogP) is 1.96. The van der Waals surface area contributed by atoms with Crippen LogP contribution in [0, 0.1) is 12.7 Å². The van der Waals surface area contributed by atoms with Gasteiger partial charge < -0.3 is 15.1 Å². The van der Waals surface area contributed by atoms with Gasteiger partial charge in [0.25, 0.3) is 0 Å². The molecule has 5 nitrogen and oxygen atoms in total. The van der Waals surface area contributed by atoms with Crippen molar-refractivity contribution in [1.29, 1.82) is 0 Å². The van der Waals surface area contributed by atoms with Crippen LogP contribution < -0.4 is 5.73 Å². The lowest BCUT2D eigenvalue weighted by atomic mass is 10.2. The van der Waals surface area contributed by atoms with Crippen LogP contribution in [0.1, 0.15) is 17.0 Å². The molecule has 0 saturated heterocycles. The molecule has 0 bridgehead atoms. The van der Waals surface area contributed by atoms with E-state index in [9.17, 15) is 4.39 Å². The molecule has 6 heteroatoms. The Hall–Kier alpha value is -2.37. The Morgan fingerprint density at radius 1 is 1.44 bits per heavy atom. The van der Waals surface area contributed by atoms with Gasteiger partial charge >= 0.3 is 0 Å². The quantitative estimate of drug-likeness (QED) is 0.510. The molecule has 0 aliphatic heterocycles. The molecule has 0 atom stereocenters. The Morgan fingerprint density at radius 2 is 2.17 bits per heavy atom. The van der Waals surface area contributed by atoms with E-state index in [-0.39, 0.29) is 18.3 Å². The molecule has 1 heterocycles. The highest BCUT2D eigenvalue weighted by Crippen LogP contribution is 2.05. The molecule has 0 aliphatic rings. The molecular weight excluding hydrogens is 237 g/mol. The molecule has 1 aromatic carbocycles. The van der Waals surface area contributed by atoms with Crippen LogP contribution in [-0.4, -0.2) is 11.0 Å². The Bertz CT molecular complexity index is 549. The van der Waals surface area contributed by atoms with Gasteiger partial charge in [-0.1, -0.05) is 10.3 Å². The number of hydrogen-bond acceptors (Lipinski definition) is 4. The summed E-state index contributed by atoms with van der Waals surface area (Å²) in [5.74, 6) is 0.546. The fourth-order valence-electron chi connectivity index (χ4n) is 1.33. The maximum atomic E-state index is 12.7. The lowest BCUT2D eigenvalue weighted by Crippen LogP contribution is -2.13. The second-order valence-corrected chi connectivity index (χ2v) is 3.69. The van der Waals surface area contributed by atoms with Gasteiger partial charge in [0.1, 0.15) is 17.3 Å². The minimum Gasteiger partial charge on any atom is -0.387 e. The molecule has 1 aromatic heterocycles. The van der Waals surface area contributed by atoms with E-state index in [0.29, 0.717) is 17.0 Å². The molecule has 2 rings (SSSR count). The van der Waals surface area contributed by atoms with Crippen LogP contribution in [0.4, 0.5) is 4.39 Å². The van der Waals surface area contributed by atoms with E-state index in [1.807, 2.05) is 0 Å². The van der Waals surface area contributed by atoms with Gasteiger partial charge in [-0.25, -0.2) is 4.39 Å². The smallest absolute Gasteiger partial charge is 0.170 e. The fourth-order valence-corrected chi connectivity index (χ4v) is 1.33. The van der Waals surface area contributed by atoms with Crippen molar-refractivity contribution in [3.05, 3.63) is 53.2 Å². The van der Waals surface area contributed by atoms with Crippen molar-refractivity contribution < 1.29 is 13.8 Å². The van der Waals surface area contributed by atoms with Gasteiger partial charge in [0.05, 0.1) is 0 Å². The van der Waals surface area contributed by atoms with Gasteiger partial charge in [-0.3, -0.25) is 0 Å². The number of nitrogens with zero attached hydrogens (tertiary/aromatic N) is 2. The van der Waals surface area contributed by atoms with Crippen LogP contribution in [0.5, 0.6) is 0 Å². The summed E-state index contributed by atoms with van der Waals surface area (Å²) < 4.78 is 17.6. The third-order valence-corrected chi connectivity index (χ3v) is 2.19. The Morgan fingerprint density at radius 3 is 2.78 bits per heavy atom. The number of aromatic nitrogens is 1. The highest BCUT2D eigenvalue weighted by molar-refractivity contribution is 5.96. The summed E-state index contributed by atoms with van der Waals surface area (Å²) in [6, 6.07) is 7.40. The molecule has 2 aromatic rings. The lowest BCUT2D eigenvalue weighted by Gasteiger charge is -2.00. The van der Waals surface area contributed by atoms with Gasteiger partial charge in [0.15, 0.2) is 12.4 Å². The summed E-state index contributed by atoms with van der Waals surface area (Å²) in [4.78, 5) is 5.03. The largest absolute Gasteiger partial charge is 0.387 e. The van der Waals surface area contributed by atoms with Crippen molar-refractivity contribution in [2.45, 2.75) is 13.5 Å². The normalized spacial score (nSPS) is 11.6. The second kappa shape index (κ2) is 5.31. The SMILES string of the molecule is Cc1cc(CO/N=C(\N)c2ccc(F)cc2)no1. The molecule has 0 spiro atoms. The molecule has 0 fully saturated rings. The minimum absolute atomic E-state index is 0.166. The molecule has 0 amide bonds. The van der Waals surface area contributed by atoms with Gasteiger partial charge in [-0.15, -0.1) is 0 Å². The lowest BCUT2D eigenvalue weighted by molar-refractivity contribution is 0.124. The van der Waals surface area contributed by atoms with E-state index in [4.69, 9.17) is 15.1 Å². The van der Waals surface area contributed by atoms with E-state index >= 15 is 0 Å². The Labute approximate surface area is 103 Å². The van der Waals surface area contributed by atoms with E-state index in [2.05, 4.69) is 10.3 Å². The molecular formula is C12H12FN3O2. The zero-order valence-electron chi connectivity index (χ0n) is 9.76. The summed E-state index contributed by atoms with van der Waals surface area (Å²) >= 11 is 0. The first-order chi connectivity index (χ1) is 8.65. The third-order valence-electron chi connectivity index (χ3n) is 2.19. The Kier molecular flexibility index (Phi) is 3.57. The number of oxime groups is 1. The van der Waals surface area contributed by atoms with Crippen LogP contribution in [0.15, 0.2) is 40.0 Å². The van der Waals surface area contributed by atoms with Crippen LogP contribution >= 0.6 is 0 Å².